The molecule has 0 rings (SSSR count). The van der Waals surface area contributed by atoms with Crippen molar-refractivity contribution in [3.8, 4) is 0 Å². The molecule has 1 unspecified atom stereocenters. The molecule has 0 N–H and O–H groups in total. The van der Waals surface area contributed by atoms with Crippen LogP contribution in [-0.2, 0) is 0 Å². The summed E-state index contributed by atoms with van der Waals surface area (Å²) in [4.78, 5) is 0.414. The van der Waals surface area contributed by atoms with Crippen molar-refractivity contribution in [2.24, 2.45) is 0 Å². The topological polar surface area (TPSA) is 0 Å². The number of hydrogen-bond acceptors (Lipinski definition) is 0. The molecule has 0 nitrogen and oxygen atoms in total. The van der Waals surface area contributed by atoms with Gasteiger partial charge in [-0.15, -0.1) is 0 Å². The Morgan fingerprint density at radius 3 is 2.17 bits per heavy atom. The van der Waals surface area contributed by atoms with Gasteiger partial charge in [-0.1, -0.05) is 31.9 Å². The minimum Gasteiger partial charge on any atom is -0.0928 e. The zero-order valence-electron chi connectivity index (χ0n) is 3.45. The molecule has 2 heteroatoms. The Morgan fingerprint density at radius 2 is 2.17 bits per heavy atom. The number of alkyl halides is 2. The normalized spacial score (nSPS) is 14.5. The van der Waals surface area contributed by atoms with Crippen molar-refractivity contribution in [1.29, 1.82) is 0 Å². The van der Waals surface area contributed by atoms with Gasteiger partial charge in [0, 0.05) is 10.2 Å². The lowest BCUT2D eigenvalue weighted by atomic mass is 10.4. The zero-order chi connectivity index (χ0) is 4.99. The fourth-order valence-corrected chi connectivity index (χ4v) is 1.51. The van der Waals surface area contributed by atoms with E-state index in [2.05, 4.69) is 38.8 Å². The van der Waals surface area contributed by atoms with Crippen molar-refractivity contribution in [1.82, 2.24) is 0 Å². The van der Waals surface area contributed by atoms with Crippen LogP contribution in [0.3, 0.4) is 0 Å². The quantitative estimate of drug-likeness (QED) is 0.620. The van der Waals surface area contributed by atoms with E-state index in [0.717, 1.165) is 11.8 Å². The molecule has 0 fully saturated rings. The first-order valence-corrected chi connectivity index (χ1v) is 3.84. The third-order valence-electron chi connectivity index (χ3n) is 0.422. The highest BCUT2D eigenvalue weighted by molar-refractivity contribution is 9.10. The van der Waals surface area contributed by atoms with Gasteiger partial charge >= 0.3 is 0 Å². The van der Waals surface area contributed by atoms with E-state index in [0.29, 0.717) is 4.83 Å². The van der Waals surface area contributed by atoms with Crippen LogP contribution in [0.4, 0.5) is 0 Å². The molecule has 0 amide bonds. The summed E-state index contributed by atoms with van der Waals surface area (Å²) in [5.74, 6) is 0. The van der Waals surface area contributed by atoms with E-state index < -0.39 is 0 Å². The van der Waals surface area contributed by atoms with Gasteiger partial charge in [0.1, 0.15) is 0 Å². The third kappa shape index (κ3) is 4.96. The highest BCUT2D eigenvalue weighted by Crippen LogP contribution is 2.03. The maximum Gasteiger partial charge on any atom is 0.0154 e. The first-order valence-electron chi connectivity index (χ1n) is 1.80. The fourth-order valence-electron chi connectivity index (χ4n) is 0.118. The van der Waals surface area contributed by atoms with Crippen LogP contribution in [0, 0.1) is 6.92 Å². The summed E-state index contributed by atoms with van der Waals surface area (Å²) >= 11 is 6.57. The molecule has 1 atom stereocenters. The summed E-state index contributed by atoms with van der Waals surface area (Å²) in [5, 5.41) is 1.03. The highest BCUT2D eigenvalue weighted by Gasteiger charge is 1.89. The van der Waals surface area contributed by atoms with Crippen LogP contribution in [-0.4, -0.2) is 10.2 Å². The van der Waals surface area contributed by atoms with E-state index >= 15 is 0 Å². The van der Waals surface area contributed by atoms with Crippen molar-refractivity contribution in [2.75, 3.05) is 5.33 Å². The van der Waals surface area contributed by atoms with Crippen LogP contribution >= 0.6 is 31.9 Å². The monoisotopic (exact) mass is 213 g/mol. The van der Waals surface area contributed by atoms with Gasteiger partial charge in [0.15, 0.2) is 0 Å². The van der Waals surface area contributed by atoms with E-state index in [1.54, 1.807) is 0 Å². The van der Waals surface area contributed by atoms with E-state index in [4.69, 9.17) is 0 Å². The average Bonchev–Trinajstić information content (AvgIpc) is 1.35. The summed E-state index contributed by atoms with van der Waals surface area (Å²) in [6.07, 6.45) is 1.10. The molecule has 0 aromatic heterocycles. The smallest absolute Gasteiger partial charge is 0.0154 e. The Morgan fingerprint density at radius 1 is 1.67 bits per heavy atom. The van der Waals surface area contributed by atoms with Crippen LogP contribution in [0.5, 0.6) is 0 Å². The van der Waals surface area contributed by atoms with Gasteiger partial charge in [-0.25, -0.2) is 0 Å². The molecule has 0 heterocycles. The van der Waals surface area contributed by atoms with Gasteiger partial charge in [-0.05, 0) is 13.3 Å². The van der Waals surface area contributed by atoms with Crippen LogP contribution in [0.15, 0.2) is 0 Å². The predicted molar refractivity (Wildman–Crippen MR) is 36.5 cm³/mol. The zero-order valence-corrected chi connectivity index (χ0v) is 6.63. The van der Waals surface area contributed by atoms with E-state index in [1.165, 1.54) is 0 Å². The molecule has 0 aromatic rings. The minimum absolute atomic E-state index is 0.414. The van der Waals surface area contributed by atoms with Crippen molar-refractivity contribution >= 4 is 31.9 Å². The molecule has 1 radical (unpaired) electrons. The maximum absolute atomic E-state index is 3.71. The van der Waals surface area contributed by atoms with Crippen molar-refractivity contribution in [3.63, 3.8) is 0 Å². The predicted octanol–water partition coefficient (Wildman–Crippen LogP) is 2.37. The number of rotatable bonds is 2. The van der Waals surface area contributed by atoms with Gasteiger partial charge < -0.3 is 0 Å². The molecular formula is C4H7Br2. The molecule has 0 aliphatic rings. The molecule has 6 heavy (non-hydrogen) atoms. The minimum atomic E-state index is 0.414. The lowest BCUT2D eigenvalue weighted by molar-refractivity contribution is 1.01. The maximum atomic E-state index is 3.71. The SMILES string of the molecule is [CH2]C(Br)CCBr. The van der Waals surface area contributed by atoms with Gasteiger partial charge in [0.25, 0.3) is 0 Å². The molecule has 0 aliphatic heterocycles. The fraction of sp³-hybridized carbons (Fsp3) is 0.750. The standard InChI is InChI=1S/C4H7Br2/c1-4(6)2-3-5/h4H,1-3H2. The van der Waals surface area contributed by atoms with E-state index in [1.807, 2.05) is 0 Å². The molecule has 0 aliphatic carbocycles. The summed E-state index contributed by atoms with van der Waals surface area (Å²) in [5.41, 5.74) is 0. The second kappa shape index (κ2) is 4.13. The van der Waals surface area contributed by atoms with Crippen molar-refractivity contribution in [2.45, 2.75) is 11.2 Å². The van der Waals surface area contributed by atoms with Crippen molar-refractivity contribution in [3.05, 3.63) is 6.92 Å². The van der Waals surface area contributed by atoms with Crippen molar-refractivity contribution < 1.29 is 0 Å². The van der Waals surface area contributed by atoms with Gasteiger partial charge in [-0.2, -0.15) is 0 Å². The Bertz CT molecular complexity index is 26.7. The van der Waals surface area contributed by atoms with Crippen LogP contribution < -0.4 is 0 Å². The second-order valence-corrected chi connectivity index (χ2v) is 3.16. The molecule has 0 spiro atoms. The first-order chi connectivity index (χ1) is 2.77. The second-order valence-electron chi connectivity index (χ2n) is 1.07. The Hall–Kier alpha value is 0.960. The molecule has 0 saturated carbocycles. The van der Waals surface area contributed by atoms with E-state index in [-0.39, 0.29) is 0 Å². The van der Waals surface area contributed by atoms with Crippen LogP contribution in [0.2, 0.25) is 0 Å². The molecule has 0 bridgehead atoms. The molecular weight excluding hydrogens is 208 g/mol. The summed E-state index contributed by atoms with van der Waals surface area (Å²) in [7, 11) is 0. The summed E-state index contributed by atoms with van der Waals surface area (Å²) < 4.78 is 0. The Kier molecular flexibility index (Phi) is 4.79. The van der Waals surface area contributed by atoms with Gasteiger partial charge in [-0.3, -0.25) is 0 Å². The Labute approximate surface area is 55.6 Å². The van der Waals surface area contributed by atoms with Gasteiger partial charge in [0.2, 0.25) is 0 Å². The lowest BCUT2D eigenvalue weighted by Gasteiger charge is -1.92. The third-order valence-corrected chi connectivity index (χ3v) is 1.34. The Balaban J connectivity index is 2.63. The van der Waals surface area contributed by atoms with Crippen LogP contribution in [0.25, 0.3) is 0 Å². The number of halogens is 2. The molecule has 0 saturated heterocycles. The first kappa shape index (κ1) is 6.96. The summed E-state index contributed by atoms with van der Waals surface area (Å²) in [6.45, 7) is 3.71. The largest absolute Gasteiger partial charge is 0.0928 e. The van der Waals surface area contributed by atoms with E-state index in [9.17, 15) is 0 Å². The average molecular weight is 215 g/mol. The van der Waals surface area contributed by atoms with Crippen LogP contribution in [0.1, 0.15) is 6.42 Å². The molecule has 37 valence electrons. The van der Waals surface area contributed by atoms with Gasteiger partial charge in [0.05, 0.1) is 0 Å². The molecule has 0 aromatic carbocycles. The lowest BCUT2D eigenvalue weighted by Crippen LogP contribution is -1.88. The number of hydrogen-bond donors (Lipinski definition) is 0. The summed E-state index contributed by atoms with van der Waals surface area (Å²) in [6, 6.07) is 0. The highest BCUT2D eigenvalue weighted by atomic mass is 79.9.